The van der Waals surface area contributed by atoms with E-state index in [0.717, 1.165) is 0 Å². The SMILES string of the molecule is COc1ncc(N)cc1-c1cc(F)cc(Cl)c1. The summed E-state index contributed by atoms with van der Waals surface area (Å²) < 4.78 is 18.4. The Morgan fingerprint density at radius 1 is 1.29 bits per heavy atom. The van der Waals surface area contributed by atoms with Crippen LogP contribution in [0.2, 0.25) is 5.02 Å². The van der Waals surface area contributed by atoms with Crippen LogP contribution in [0.4, 0.5) is 10.1 Å². The van der Waals surface area contributed by atoms with Gasteiger partial charge in [0.1, 0.15) is 5.82 Å². The minimum atomic E-state index is -0.419. The maximum absolute atomic E-state index is 13.3. The standard InChI is InChI=1S/C12H10ClFN2O/c1-17-12-11(5-10(15)6-16-12)7-2-8(13)4-9(14)3-7/h2-6H,15H2,1H3. The van der Waals surface area contributed by atoms with Crippen molar-refractivity contribution in [2.45, 2.75) is 0 Å². The van der Waals surface area contributed by atoms with Crippen LogP contribution in [0.15, 0.2) is 30.5 Å². The van der Waals surface area contributed by atoms with Gasteiger partial charge in [0.05, 0.1) is 19.0 Å². The Bertz CT molecular complexity index is 540. The third kappa shape index (κ3) is 2.47. The molecule has 88 valence electrons. The number of nitrogen functional groups attached to an aromatic ring is 1. The van der Waals surface area contributed by atoms with Gasteiger partial charge < -0.3 is 10.5 Å². The summed E-state index contributed by atoms with van der Waals surface area (Å²) in [6.45, 7) is 0. The highest BCUT2D eigenvalue weighted by molar-refractivity contribution is 6.30. The number of hydrogen-bond donors (Lipinski definition) is 1. The first-order valence-electron chi connectivity index (χ1n) is 4.86. The van der Waals surface area contributed by atoms with E-state index in [2.05, 4.69) is 4.98 Å². The monoisotopic (exact) mass is 252 g/mol. The van der Waals surface area contributed by atoms with Crippen LogP contribution < -0.4 is 10.5 Å². The fourth-order valence-corrected chi connectivity index (χ4v) is 1.77. The first-order chi connectivity index (χ1) is 8.10. The van der Waals surface area contributed by atoms with E-state index in [-0.39, 0.29) is 0 Å². The minimum absolute atomic E-state index is 0.310. The van der Waals surface area contributed by atoms with Crippen molar-refractivity contribution in [2.75, 3.05) is 12.8 Å². The van der Waals surface area contributed by atoms with Crippen molar-refractivity contribution in [1.29, 1.82) is 0 Å². The zero-order chi connectivity index (χ0) is 12.4. The number of anilines is 1. The molecule has 0 radical (unpaired) electrons. The van der Waals surface area contributed by atoms with E-state index < -0.39 is 5.82 Å². The quantitative estimate of drug-likeness (QED) is 0.893. The van der Waals surface area contributed by atoms with Gasteiger partial charge in [-0.25, -0.2) is 9.37 Å². The zero-order valence-electron chi connectivity index (χ0n) is 9.08. The van der Waals surface area contributed by atoms with Gasteiger partial charge in [-0.15, -0.1) is 0 Å². The highest BCUT2D eigenvalue weighted by atomic mass is 35.5. The molecule has 0 aliphatic heterocycles. The van der Waals surface area contributed by atoms with Gasteiger partial charge in [0.2, 0.25) is 5.88 Å². The first-order valence-corrected chi connectivity index (χ1v) is 5.24. The summed E-state index contributed by atoms with van der Waals surface area (Å²) >= 11 is 5.80. The van der Waals surface area contributed by atoms with Crippen LogP contribution in [-0.2, 0) is 0 Å². The smallest absolute Gasteiger partial charge is 0.221 e. The number of rotatable bonds is 2. The lowest BCUT2D eigenvalue weighted by Crippen LogP contribution is -1.95. The number of nitrogens with two attached hydrogens (primary N) is 1. The lowest BCUT2D eigenvalue weighted by atomic mass is 10.1. The summed E-state index contributed by atoms with van der Waals surface area (Å²) in [4.78, 5) is 4.02. The number of nitrogens with zero attached hydrogens (tertiary/aromatic N) is 1. The van der Waals surface area contributed by atoms with E-state index >= 15 is 0 Å². The second kappa shape index (κ2) is 4.59. The van der Waals surface area contributed by atoms with Crippen molar-refractivity contribution < 1.29 is 9.13 Å². The second-order valence-corrected chi connectivity index (χ2v) is 3.92. The molecule has 1 heterocycles. The van der Waals surface area contributed by atoms with Crippen LogP contribution in [0.1, 0.15) is 0 Å². The third-order valence-corrected chi connectivity index (χ3v) is 2.46. The Morgan fingerprint density at radius 3 is 2.71 bits per heavy atom. The molecular formula is C12H10ClFN2O. The van der Waals surface area contributed by atoms with Crippen LogP contribution in [-0.4, -0.2) is 12.1 Å². The summed E-state index contributed by atoms with van der Waals surface area (Å²) in [6, 6.07) is 5.88. The molecule has 2 N–H and O–H groups in total. The predicted octanol–water partition coefficient (Wildman–Crippen LogP) is 3.13. The molecule has 1 aromatic heterocycles. The number of ether oxygens (including phenoxy) is 1. The van der Waals surface area contributed by atoms with Gasteiger partial charge in [-0.2, -0.15) is 0 Å². The molecule has 0 bridgehead atoms. The largest absolute Gasteiger partial charge is 0.481 e. The third-order valence-electron chi connectivity index (χ3n) is 2.24. The zero-order valence-corrected chi connectivity index (χ0v) is 9.83. The molecule has 17 heavy (non-hydrogen) atoms. The molecule has 0 amide bonds. The van der Waals surface area contributed by atoms with Gasteiger partial charge in [0.15, 0.2) is 0 Å². The summed E-state index contributed by atoms with van der Waals surface area (Å²) in [5.74, 6) is -0.0437. The normalized spacial score (nSPS) is 10.3. The molecule has 0 aliphatic carbocycles. The molecule has 0 fully saturated rings. The van der Waals surface area contributed by atoms with Crippen LogP contribution in [0, 0.1) is 5.82 Å². The van der Waals surface area contributed by atoms with Crippen LogP contribution >= 0.6 is 11.6 Å². The number of methoxy groups -OCH3 is 1. The summed E-state index contributed by atoms with van der Waals surface area (Å²) in [5, 5.41) is 0.310. The minimum Gasteiger partial charge on any atom is -0.481 e. The van der Waals surface area contributed by atoms with Gasteiger partial charge >= 0.3 is 0 Å². The topological polar surface area (TPSA) is 48.1 Å². The fourth-order valence-electron chi connectivity index (χ4n) is 1.55. The van der Waals surface area contributed by atoms with Crippen LogP contribution in [0.5, 0.6) is 5.88 Å². The maximum Gasteiger partial charge on any atom is 0.221 e. The molecule has 2 rings (SSSR count). The highest BCUT2D eigenvalue weighted by Gasteiger charge is 2.09. The van der Waals surface area contributed by atoms with Crippen molar-refractivity contribution in [2.24, 2.45) is 0 Å². The first kappa shape index (κ1) is 11.7. The molecule has 0 atom stereocenters. The van der Waals surface area contributed by atoms with Gasteiger partial charge in [-0.05, 0) is 29.8 Å². The molecule has 0 aliphatic rings. The maximum atomic E-state index is 13.3. The fraction of sp³-hybridized carbons (Fsp3) is 0.0833. The lowest BCUT2D eigenvalue weighted by Gasteiger charge is -2.08. The van der Waals surface area contributed by atoms with Crippen molar-refractivity contribution in [3.05, 3.63) is 41.3 Å². The van der Waals surface area contributed by atoms with E-state index in [1.165, 1.54) is 25.4 Å². The average Bonchev–Trinajstić information content (AvgIpc) is 2.27. The predicted molar refractivity (Wildman–Crippen MR) is 65.6 cm³/mol. The van der Waals surface area contributed by atoms with Crippen molar-refractivity contribution in [3.8, 4) is 17.0 Å². The number of pyridine rings is 1. The molecule has 2 aromatic rings. The van der Waals surface area contributed by atoms with E-state index in [4.69, 9.17) is 22.1 Å². The Kier molecular flexibility index (Phi) is 3.15. The molecule has 0 saturated heterocycles. The summed E-state index contributed by atoms with van der Waals surface area (Å²) in [5.41, 5.74) is 7.31. The number of halogens is 2. The van der Waals surface area contributed by atoms with Crippen LogP contribution in [0.3, 0.4) is 0 Å². The van der Waals surface area contributed by atoms with Crippen LogP contribution in [0.25, 0.3) is 11.1 Å². The Labute approximate surface area is 103 Å². The van der Waals surface area contributed by atoms with E-state index in [1.807, 2.05) is 0 Å². The highest BCUT2D eigenvalue weighted by Crippen LogP contribution is 2.31. The molecule has 0 unspecified atom stereocenters. The molecule has 5 heteroatoms. The molecule has 1 aromatic carbocycles. The molecule has 0 saturated carbocycles. The van der Waals surface area contributed by atoms with E-state index in [1.54, 1.807) is 12.1 Å². The summed E-state index contributed by atoms with van der Waals surface area (Å²) in [7, 11) is 1.49. The molecule has 3 nitrogen and oxygen atoms in total. The van der Waals surface area contributed by atoms with E-state index in [9.17, 15) is 4.39 Å². The molecule has 0 spiro atoms. The van der Waals surface area contributed by atoms with Crippen molar-refractivity contribution in [3.63, 3.8) is 0 Å². The van der Waals surface area contributed by atoms with Gasteiger partial charge in [-0.1, -0.05) is 11.6 Å². The Morgan fingerprint density at radius 2 is 2.06 bits per heavy atom. The lowest BCUT2D eigenvalue weighted by molar-refractivity contribution is 0.400. The number of benzene rings is 1. The average molecular weight is 253 g/mol. The van der Waals surface area contributed by atoms with Crippen molar-refractivity contribution >= 4 is 17.3 Å². The van der Waals surface area contributed by atoms with Crippen molar-refractivity contribution in [1.82, 2.24) is 4.98 Å². The van der Waals surface area contributed by atoms with Gasteiger partial charge in [0.25, 0.3) is 0 Å². The Balaban J connectivity index is 2.62. The second-order valence-electron chi connectivity index (χ2n) is 3.48. The number of hydrogen-bond acceptors (Lipinski definition) is 3. The summed E-state index contributed by atoms with van der Waals surface area (Å²) in [6.07, 6.45) is 1.48. The van der Waals surface area contributed by atoms with Gasteiger partial charge in [0, 0.05) is 10.6 Å². The number of aromatic nitrogens is 1. The van der Waals surface area contributed by atoms with E-state index in [0.29, 0.717) is 27.7 Å². The Hall–Kier alpha value is -1.81. The molecular weight excluding hydrogens is 243 g/mol. The van der Waals surface area contributed by atoms with Gasteiger partial charge in [-0.3, -0.25) is 0 Å².